The van der Waals surface area contributed by atoms with Crippen molar-refractivity contribution in [2.75, 3.05) is 38.8 Å². The van der Waals surface area contributed by atoms with E-state index in [9.17, 15) is 19.2 Å². The van der Waals surface area contributed by atoms with Crippen LogP contribution >= 0.6 is 0 Å². The Balaban J connectivity index is 1.39. The van der Waals surface area contributed by atoms with Gasteiger partial charge in [0.25, 0.3) is 11.5 Å². The number of urea groups is 1. The lowest BCUT2D eigenvalue weighted by Crippen LogP contribution is -2.68. The molecule has 2 aromatic carbocycles. The number of carbonyl (C=O) groups excluding carboxylic acids is 3. The zero-order valence-corrected chi connectivity index (χ0v) is 23.0. The van der Waals surface area contributed by atoms with Gasteiger partial charge in [-0.05, 0) is 54.3 Å². The molecule has 3 atom stereocenters. The molecule has 2 bridgehead atoms. The molecule has 1 aromatic heterocycles. The average Bonchev–Trinajstić information content (AvgIpc) is 2.97. The molecular weight excluding hydrogens is 524 g/mol. The number of amides is 4. The molecule has 3 aromatic rings. The number of benzene rings is 2. The second-order valence-electron chi connectivity index (χ2n) is 11.1. The summed E-state index contributed by atoms with van der Waals surface area (Å²) in [6, 6.07) is 18.4. The monoisotopic (exact) mass is 556 g/mol. The van der Waals surface area contributed by atoms with Gasteiger partial charge in [-0.2, -0.15) is 0 Å². The summed E-state index contributed by atoms with van der Waals surface area (Å²) in [5, 5.41) is 2.48. The lowest BCUT2D eigenvalue weighted by atomic mass is 9.75. The number of likely N-dealkylation sites (tertiary alicyclic amines) is 1. The number of para-hydroxylation sites is 1. The van der Waals surface area contributed by atoms with Crippen LogP contribution < -0.4 is 25.2 Å². The molecule has 0 spiro atoms. The predicted octanol–water partition coefficient (Wildman–Crippen LogP) is 2.80. The van der Waals surface area contributed by atoms with Crippen molar-refractivity contribution >= 4 is 23.5 Å². The molecule has 1 N–H and O–H groups in total. The number of pyridine rings is 1. The Labute approximate surface area is 237 Å². The number of carbonyl (C=O) groups is 3. The number of fused-ring (bicyclic) bond motifs is 4. The molecule has 41 heavy (non-hydrogen) atoms. The van der Waals surface area contributed by atoms with Gasteiger partial charge in [-0.1, -0.05) is 24.3 Å². The molecule has 10 heteroatoms. The minimum absolute atomic E-state index is 0.00576. The van der Waals surface area contributed by atoms with Crippen molar-refractivity contribution in [2.24, 2.45) is 11.3 Å². The smallest absolute Gasteiger partial charge is 0.335 e. The third-order valence-electron chi connectivity index (χ3n) is 8.53. The highest BCUT2D eigenvalue weighted by Crippen LogP contribution is 2.40. The molecule has 3 aliphatic rings. The maximum atomic E-state index is 14.5. The molecule has 212 valence electrons. The number of nitrogens with zero attached hydrogens (tertiary/aromatic N) is 3. The number of imide groups is 2. The van der Waals surface area contributed by atoms with Gasteiger partial charge in [-0.3, -0.25) is 19.7 Å². The average molecular weight is 557 g/mol. The molecule has 1 unspecified atom stereocenters. The molecule has 6 rings (SSSR count). The fourth-order valence-electron chi connectivity index (χ4n) is 6.67. The van der Waals surface area contributed by atoms with E-state index in [1.165, 1.54) is 7.11 Å². The number of barbiturate groups is 1. The summed E-state index contributed by atoms with van der Waals surface area (Å²) in [7, 11) is 3.08. The van der Waals surface area contributed by atoms with Crippen molar-refractivity contribution in [3.63, 3.8) is 0 Å². The Morgan fingerprint density at radius 3 is 2.41 bits per heavy atom. The molecule has 4 amide bonds. The van der Waals surface area contributed by atoms with Crippen LogP contribution in [0.1, 0.15) is 23.6 Å². The molecule has 0 radical (unpaired) electrons. The largest absolute Gasteiger partial charge is 0.497 e. The number of hydrogen-bond donors (Lipinski definition) is 1. The molecule has 10 nitrogen and oxygen atoms in total. The van der Waals surface area contributed by atoms with Gasteiger partial charge >= 0.3 is 6.03 Å². The van der Waals surface area contributed by atoms with Gasteiger partial charge in [0.2, 0.25) is 5.91 Å². The first-order valence-corrected chi connectivity index (χ1v) is 13.7. The number of ether oxygens (including phenoxy) is 2. The fraction of sp³-hybridized carbons (Fsp3) is 0.355. The normalized spacial score (nSPS) is 24.0. The number of nitrogens with one attached hydrogen (secondary N) is 1. The highest BCUT2D eigenvalue weighted by atomic mass is 16.5. The number of anilines is 1. The maximum Gasteiger partial charge on any atom is 0.335 e. The van der Waals surface area contributed by atoms with Gasteiger partial charge in [0.05, 0.1) is 19.9 Å². The minimum atomic E-state index is -1.61. The number of hydrogen-bond acceptors (Lipinski definition) is 7. The summed E-state index contributed by atoms with van der Waals surface area (Å²) in [5.74, 6) is 0.218. The van der Waals surface area contributed by atoms with Crippen molar-refractivity contribution in [3.8, 4) is 11.5 Å². The van der Waals surface area contributed by atoms with Crippen LogP contribution in [0.5, 0.6) is 11.5 Å². The number of aromatic nitrogens is 1. The van der Waals surface area contributed by atoms with Crippen LogP contribution in [0.15, 0.2) is 71.5 Å². The highest BCUT2D eigenvalue weighted by Gasteiger charge is 2.56. The first kappa shape index (κ1) is 26.8. The third-order valence-corrected chi connectivity index (χ3v) is 8.53. The topological polar surface area (TPSA) is 110 Å². The zero-order chi connectivity index (χ0) is 28.7. The number of methoxy groups -OCH3 is 2. The minimum Gasteiger partial charge on any atom is -0.497 e. The van der Waals surface area contributed by atoms with E-state index in [4.69, 9.17) is 9.47 Å². The number of rotatable bonds is 7. The Morgan fingerprint density at radius 2 is 1.66 bits per heavy atom. The van der Waals surface area contributed by atoms with Crippen molar-refractivity contribution in [2.45, 2.75) is 25.3 Å². The van der Waals surface area contributed by atoms with E-state index in [2.05, 4.69) is 10.2 Å². The van der Waals surface area contributed by atoms with Gasteiger partial charge in [0.1, 0.15) is 16.9 Å². The Bertz CT molecular complexity index is 1570. The molecular formula is C31H32N4O6. The predicted molar refractivity (Wildman–Crippen MR) is 151 cm³/mol. The summed E-state index contributed by atoms with van der Waals surface area (Å²) in [6.45, 7) is 1.92. The Kier molecular flexibility index (Phi) is 6.86. The maximum absolute atomic E-state index is 14.5. The molecule has 0 aliphatic carbocycles. The van der Waals surface area contributed by atoms with Crippen LogP contribution in [0.25, 0.3) is 0 Å². The van der Waals surface area contributed by atoms with Crippen LogP contribution in [0.4, 0.5) is 10.5 Å². The summed E-state index contributed by atoms with van der Waals surface area (Å²) in [5.41, 5.74) is 0.399. The van der Waals surface area contributed by atoms with Crippen molar-refractivity contribution in [1.82, 2.24) is 14.8 Å². The molecule has 4 heterocycles. The SMILES string of the molecule is COc1ccc(N2C(=O)NC(=O)C(Cc3ccccc3OC)(CN3C[C@@H]4C[C@H](C3)c3cccc(=O)n3C4)C2=O)cc1. The van der Waals surface area contributed by atoms with Crippen LogP contribution in [0.2, 0.25) is 0 Å². The standard InChI is InChI=1S/C31H32N4O6/c1-40-24-12-10-23(11-13-24)35-29(38)31(28(37)32-30(35)39,15-21-6-3-4-8-26(21)41-2)19-33-16-20-14-22(18-33)25-7-5-9-27(36)34(25)17-20/h3-13,20,22H,14-19H2,1-2H3,(H,32,37,39)/t20-,22+,31?/m0/s1. The lowest BCUT2D eigenvalue weighted by Gasteiger charge is -2.47. The first-order chi connectivity index (χ1) is 19.8. The Morgan fingerprint density at radius 1 is 0.878 bits per heavy atom. The highest BCUT2D eigenvalue weighted by molar-refractivity contribution is 6.30. The second kappa shape index (κ2) is 10.5. The second-order valence-corrected chi connectivity index (χ2v) is 11.1. The van der Waals surface area contributed by atoms with Gasteiger partial charge in [-0.25, -0.2) is 9.69 Å². The lowest BCUT2D eigenvalue weighted by molar-refractivity contribution is -0.144. The molecule has 2 fully saturated rings. The van der Waals surface area contributed by atoms with E-state index < -0.39 is 23.3 Å². The summed E-state index contributed by atoms with van der Waals surface area (Å²) >= 11 is 0. The first-order valence-electron chi connectivity index (χ1n) is 13.7. The van der Waals surface area contributed by atoms with E-state index in [-0.39, 0.29) is 30.4 Å². The van der Waals surface area contributed by atoms with Gasteiger partial charge in [-0.15, -0.1) is 0 Å². The summed E-state index contributed by atoms with van der Waals surface area (Å²) in [4.78, 5) is 57.2. The van der Waals surface area contributed by atoms with E-state index in [0.717, 1.165) is 17.0 Å². The zero-order valence-electron chi connectivity index (χ0n) is 23.0. The summed E-state index contributed by atoms with van der Waals surface area (Å²) < 4.78 is 12.7. The van der Waals surface area contributed by atoms with Gasteiger partial charge < -0.3 is 18.9 Å². The van der Waals surface area contributed by atoms with E-state index in [1.807, 2.05) is 28.8 Å². The van der Waals surface area contributed by atoms with Crippen LogP contribution in [-0.2, 0) is 22.6 Å². The molecule has 3 aliphatic heterocycles. The Hall–Kier alpha value is -4.44. The molecule has 2 saturated heterocycles. The van der Waals surface area contributed by atoms with E-state index in [1.54, 1.807) is 49.6 Å². The number of piperidine rings is 1. The quantitative estimate of drug-likeness (QED) is 0.446. The van der Waals surface area contributed by atoms with Crippen LogP contribution in [0, 0.1) is 11.3 Å². The fourth-order valence-corrected chi connectivity index (χ4v) is 6.67. The van der Waals surface area contributed by atoms with Crippen molar-refractivity contribution in [1.29, 1.82) is 0 Å². The molecule has 0 saturated carbocycles. The van der Waals surface area contributed by atoms with E-state index in [0.29, 0.717) is 42.4 Å². The van der Waals surface area contributed by atoms with Crippen LogP contribution in [-0.4, -0.2) is 61.2 Å². The van der Waals surface area contributed by atoms with Gasteiger partial charge in [0, 0.05) is 50.3 Å². The third kappa shape index (κ3) is 4.67. The van der Waals surface area contributed by atoms with Crippen molar-refractivity contribution < 1.29 is 23.9 Å². The van der Waals surface area contributed by atoms with Gasteiger partial charge in [0.15, 0.2) is 0 Å². The van der Waals surface area contributed by atoms with Crippen molar-refractivity contribution in [3.05, 3.63) is 88.3 Å². The van der Waals surface area contributed by atoms with Crippen LogP contribution in [0.3, 0.4) is 0 Å². The summed E-state index contributed by atoms with van der Waals surface area (Å²) in [6.07, 6.45) is 0.986. The van der Waals surface area contributed by atoms with E-state index >= 15 is 0 Å².